The summed E-state index contributed by atoms with van der Waals surface area (Å²) in [5, 5.41) is 3.51. The van der Waals surface area contributed by atoms with Gasteiger partial charge in [-0.15, -0.1) is 0 Å². The summed E-state index contributed by atoms with van der Waals surface area (Å²) in [7, 11) is 0. The maximum absolute atomic E-state index is 4.00. The van der Waals surface area contributed by atoms with Crippen molar-refractivity contribution in [3.63, 3.8) is 0 Å². The van der Waals surface area contributed by atoms with Crippen molar-refractivity contribution in [1.29, 1.82) is 0 Å². The number of nitrogens with one attached hydrogen (secondary N) is 1. The predicted molar refractivity (Wildman–Crippen MR) is 60.3 cm³/mol. The summed E-state index contributed by atoms with van der Waals surface area (Å²) >= 11 is 0. The van der Waals surface area contributed by atoms with Crippen LogP contribution in [0.4, 0.5) is 0 Å². The Bertz CT molecular complexity index is 293. The van der Waals surface area contributed by atoms with Gasteiger partial charge in [-0.3, -0.25) is 0 Å². The Labute approximate surface area is 91.3 Å². The van der Waals surface area contributed by atoms with E-state index in [2.05, 4.69) is 22.2 Å². The summed E-state index contributed by atoms with van der Waals surface area (Å²) in [5.41, 5.74) is 1.80. The molecule has 1 aliphatic rings. The molecule has 1 saturated carbocycles. The second kappa shape index (κ2) is 4.71. The van der Waals surface area contributed by atoms with E-state index in [1.165, 1.54) is 31.2 Å². The molecule has 1 N–H and O–H groups in total. The molecule has 3 nitrogen and oxygen atoms in total. The summed E-state index contributed by atoms with van der Waals surface area (Å²) in [5.74, 6) is 0. The van der Waals surface area contributed by atoms with Gasteiger partial charge >= 0.3 is 0 Å². The summed E-state index contributed by atoms with van der Waals surface area (Å²) in [6.45, 7) is 4.31. The zero-order chi connectivity index (χ0) is 10.6. The Kier molecular flexibility index (Phi) is 3.31. The van der Waals surface area contributed by atoms with Crippen LogP contribution in [-0.2, 0) is 6.54 Å². The third-order valence-electron chi connectivity index (χ3n) is 3.18. The van der Waals surface area contributed by atoms with Crippen LogP contribution in [0.1, 0.15) is 38.2 Å². The molecular weight excluding hydrogens is 186 g/mol. The van der Waals surface area contributed by atoms with E-state index in [1.807, 2.05) is 12.4 Å². The lowest BCUT2D eigenvalue weighted by molar-refractivity contribution is 0.420. The SMILES string of the molecule is CCCC1(CNCc2cncnc2)CC1. The highest BCUT2D eigenvalue weighted by atomic mass is 14.9. The van der Waals surface area contributed by atoms with E-state index >= 15 is 0 Å². The van der Waals surface area contributed by atoms with E-state index in [-0.39, 0.29) is 0 Å². The Morgan fingerprint density at radius 2 is 2.07 bits per heavy atom. The van der Waals surface area contributed by atoms with Gasteiger partial charge in [0, 0.05) is 31.0 Å². The van der Waals surface area contributed by atoms with E-state index < -0.39 is 0 Å². The van der Waals surface area contributed by atoms with Gasteiger partial charge in [0.2, 0.25) is 0 Å². The fourth-order valence-corrected chi connectivity index (χ4v) is 2.12. The summed E-state index contributed by atoms with van der Waals surface area (Å²) in [6, 6.07) is 0. The van der Waals surface area contributed by atoms with Crippen molar-refractivity contribution in [2.45, 2.75) is 39.2 Å². The van der Waals surface area contributed by atoms with Crippen molar-refractivity contribution >= 4 is 0 Å². The molecule has 0 saturated heterocycles. The molecule has 0 unspecified atom stereocenters. The minimum atomic E-state index is 0.629. The molecule has 0 bridgehead atoms. The fourth-order valence-electron chi connectivity index (χ4n) is 2.12. The number of rotatable bonds is 6. The standard InChI is InChI=1S/C12H19N3/c1-2-3-12(4-5-12)9-13-6-11-7-14-10-15-8-11/h7-8,10,13H,2-6,9H2,1H3. The monoisotopic (exact) mass is 205 g/mol. The van der Waals surface area contributed by atoms with Gasteiger partial charge in [-0.2, -0.15) is 0 Å². The lowest BCUT2D eigenvalue weighted by Crippen LogP contribution is -2.23. The molecular formula is C12H19N3. The van der Waals surface area contributed by atoms with E-state index in [9.17, 15) is 0 Å². The van der Waals surface area contributed by atoms with Crippen molar-refractivity contribution in [2.75, 3.05) is 6.54 Å². The van der Waals surface area contributed by atoms with Gasteiger partial charge in [0.15, 0.2) is 0 Å². The first kappa shape index (κ1) is 10.6. The van der Waals surface area contributed by atoms with Crippen LogP contribution in [0.3, 0.4) is 0 Å². The van der Waals surface area contributed by atoms with Crippen LogP contribution in [0.15, 0.2) is 18.7 Å². The van der Waals surface area contributed by atoms with E-state index in [0.29, 0.717) is 5.41 Å². The van der Waals surface area contributed by atoms with Crippen molar-refractivity contribution in [3.8, 4) is 0 Å². The Hall–Kier alpha value is -0.960. The summed E-state index contributed by atoms with van der Waals surface area (Å²) < 4.78 is 0. The Morgan fingerprint density at radius 3 is 2.67 bits per heavy atom. The fraction of sp³-hybridized carbons (Fsp3) is 0.667. The van der Waals surface area contributed by atoms with Crippen molar-refractivity contribution in [2.24, 2.45) is 5.41 Å². The van der Waals surface area contributed by atoms with Crippen LogP contribution in [0.25, 0.3) is 0 Å². The summed E-state index contributed by atoms with van der Waals surface area (Å²) in [6.07, 6.45) is 10.8. The second-order valence-corrected chi connectivity index (χ2v) is 4.60. The topological polar surface area (TPSA) is 37.8 Å². The smallest absolute Gasteiger partial charge is 0.115 e. The molecule has 1 aliphatic carbocycles. The normalized spacial score (nSPS) is 17.7. The molecule has 0 spiro atoms. The molecule has 1 aromatic heterocycles. The number of aromatic nitrogens is 2. The molecule has 1 heterocycles. The number of hydrogen-bond acceptors (Lipinski definition) is 3. The lowest BCUT2D eigenvalue weighted by Gasteiger charge is -2.14. The molecule has 0 atom stereocenters. The van der Waals surface area contributed by atoms with E-state index in [4.69, 9.17) is 0 Å². The number of hydrogen-bond donors (Lipinski definition) is 1. The third kappa shape index (κ3) is 2.99. The van der Waals surface area contributed by atoms with E-state index in [1.54, 1.807) is 6.33 Å². The lowest BCUT2D eigenvalue weighted by atomic mass is 10.0. The molecule has 3 heteroatoms. The average Bonchev–Trinajstić information content (AvgIpc) is 3.00. The minimum Gasteiger partial charge on any atom is -0.312 e. The van der Waals surface area contributed by atoms with Gasteiger partial charge in [-0.05, 0) is 24.7 Å². The maximum Gasteiger partial charge on any atom is 0.115 e. The van der Waals surface area contributed by atoms with Gasteiger partial charge in [-0.1, -0.05) is 13.3 Å². The molecule has 0 radical (unpaired) electrons. The van der Waals surface area contributed by atoms with Gasteiger partial charge in [0.1, 0.15) is 6.33 Å². The molecule has 15 heavy (non-hydrogen) atoms. The molecule has 0 aromatic carbocycles. The number of nitrogens with zero attached hydrogens (tertiary/aromatic N) is 2. The highest BCUT2D eigenvalue weighted by Gasteiger charge is 2.40. The summed E-state index contributed by atoms with van der Waals surface area (Å²) in [4.78, 5) is 8.00. The van der Waals surface area contributed by atoms with Crippen molar-refractivity contribution < 1.29 is 0 Å². The van der Waals surface area contributed by atoms with Crippen molar-refractivity contribution in [3.05, 3.63) is 24.3 Å². The van der Waals surface area contributed by atoms with Gasteiger partial charge in [0.05, 0.1) is 0 Å². The molecule has 2 rings (SSSR count). The van der Waals surface area contributed by atoms with Gasteiger partial charge < -0.3 is 5.32 Å². The predicted octanol–water partition coefficient (Wildman–Crippen LogP) is 2.15. The van der Waals surface area contributed by atoms with Crippen LogP contribution >= 0.6 is 0 Å². The van der Waals surface area contributed by atoms with Crippen LogP contribution in [0, 0.1) is 5.41 Å². The van der Waals surface area contributed by atoms with Crippen LogP contribution in [-0.4, -0.2) is 16.5 Å². The molecule has 0 aliphatic heterocycles. The zero-order valence-electron chi connectivity index (χ0n) is 9.37. The van der Waals surface area contributed by atoms with Crippen LogP contribution < -0.4 is 5.32 Å². The van der Waals surface area contributed by atoms with Crippen LogP contribution in [0.2, 0.25) is 0 Å². The second-order valence-electron chi connectivity index (χ2n) is 4.60. The van der Waals surface area contributed by atoms with Crippen molar-refractivity contribution in [1.82, 2.24) is 15.3 Å². The highest BCUT2D eigenvalue weighted by molar-refractivity contribution is 5.02. The molecule has 1 fully saturated rings. The maximum atomic E-state index is 4.00. The first-order valence-corrected chi connectivity index (χ1v) is 5.79. The highest BCUT2D eigenvalue weighted by Crippen LogP contribution is 2.48. The Morgan fingerprint density at radius 1 is 1.33 bits per heavy atom. The molecule has 0 amide bonds. The van der Waals surface area contributed by atoms with Gasteiger partial charge in [-0.25, -0.2) is 9.97 Å². The largest absolute Gasteiger partial charge is 0.312 e. The Balaban J connectivity index is 1.71. The zero-order valence-corrected chi connectivity index (χ0v) is 9.37. The quantitative estimate of drug-likeness (QED) is 0.773. The molecule has 82 valence electrons. The first-order chi connectivity index (χ1) is 7.35. The molecule has 1 aromatic rings. The minimum absolute atomic E-state index is 0.629. The van der Waals surface area contributed by atoms with E-state index in [0.717, 1.165) is 13.1 Å². The first-order valence-electron chi connectivity index (χ1n) is 5.79. The average molecular weight is 205 g/mol. The third-order valence-corrected chi connectivity index (χ3v) is 3.18. The van der Waals surface area contributed by atoms with Crippen LogP contribution in [0.5, 0.6) is 0 Å². The van der Waals surface area contributed by atoms with Gasteiger partial charge in [0.25, 0.3) is 0 Å².